The Labute approximate surface area is 104 Å². The number of nitrogens with one attached hydrogen (secondary N) is 1. The van der Waals surface area contributed by atoms with Crippen molar-refractivity contribution in [2.45, 2.75) is 0 Å². The van der Waals surface area contributed by atoms with Gasteiger partial charge in [-0.15, -0.1) is 0 Å². The van der Waals surface area contributed by atoms with Gasteiger partial charge in [-0.2, -0.15) is 5.26 Å². The number of aromatic nitrogens is 1. The highest BCUT2D eigenvalue weighted by atomic mass is 35.5. The van der Waals surface area contributed by atoms with E-state index in [1.54, 1.807) is 18.2 Å². The maximum atomic E-state index is 8.84. The van der Waals surface area contributed by atoms with Crippen LogP contribution in [0.4, 0.5) is 17.2 Å². The lowest BCUT2D eigenvalue weighted by molar-refractivity contribution is 1.29. The third kappa shape index (κ3) is 2.47. The van der Waals surface area contributed by atoms with E-state index < -0.39 is 0 Å². The average molecular weight is 245 g/mol. The van der Waals surface area contributed by atoms with Crippen LogP contribution >= 0.6 is 11.6 Å². The first-order valence-electron chi connectivity index (χ1n) is 4.88. The highest BCUT2D eigenvalue weighted by Crippen LogP contribution is 2.26. The monoisotopic (exact) mass is 244 g/mol. The molecule has 0 radical (unpaired) electrons. The number of nitriles is 1. The molecule has 0 fully saturated rings. The number of hydrogen-bond acceptors (Lipinski definition) is 4. The molecule has 1 heterocycles. The molecule has 0 atom stereocenters. The molecule has 0 amide bonds. The van der Waals surface area contributed by atoms with Gasteiger partial charge in [-0.3, -0.25) is 0 Å². The molecule has 1 aromatic heterocycles. The van der Waals surface area contributed by atoms with Crippen molar-refractivity contribution in [3.05, 3.63) is 47.1 Å². The summed E-state index contributed by atoms with van der Waals surface area (Å²) in [6.45, 7) is 0. The number of pyridine rings is 1. The van der Waals surface area contributed by atoms with Crippen LogP contribution in [0.25, 0.3) is 0 Å². The number of benzene rings is 1. The quantitative estimate of drug-likeness (QED) is 0.797. The molecule has 0 spiro atoms. The van der Waals surface area contributed by atoms with E-state index in [1.165, 1.54) is 6.20 Å². The molecule has 1 aromatic carbocycles. The predicted octanol–water partition coefficient (Wildman–Crippen LogP) is 2.93. The maximum absolute atomic E-state index is 8.84. The summed E-state index contributed by atoms with van der Waals surface area (Å²) in [6.07, 6.45) is 1.53. The largest absolute Gasteiger partial charge is 0.399 e. The second kappa shape index (κ2) is 4.73. The fraction of sp³-hybridized carbons (Fsp3) is 0. The molecule has 4 nitrogen and oxygen atoms in total. The SMILES string of the molecule is N#Cc1ccnc(Nc2ccc(N)cc2)c1Cl. The number of halogens is 1. The number of nitrogen functional groups attached to an aromatic ring is 1. The van der Waals surface area contributed by atoms with Gasteiger partial charge in [0.05, 0.1) is 5.56 Å². The molecule has 0 unspecified atom stereocenters. The first-order chi connectivity index (χ1) is 8.20. The number of nitrogens with two attached hydrogens (primary N) is 1. The van der Waals surface area contributed by atoms with Crippen LogP contribution in [0.2, 0.25) is 5.02 Å². The Morgan fingerprint density at radius 3 is 2.59 bits per heavy atom. The summed E-state index contributed by atoms with van der Waals surface area (Å²) in [4.78, 5) is 4.08. The molecular weight excluding hydrogens is 236 g/mol. The van der Waals surface area contributed by atoms with E-state index >= 15 is 0 Å². The fourth-order valence-corrected chi connectivity index (χ4v) is 1.52. The number of rotatable bonds is 2. The Morgan fingerprint density at radius 1 is 1.24 bits per heavy atom. The van der Waals surface area contributed by atoms with Gasteiger partial charge in [-0.25, -0.2) is 4.98 Å². The van der Waals surface area contributed by atoms with Crippen molar-refractivity contribution in [3.8, 4) is 6.07 Å². The minimum absolute atomic E-state index is 0.312. The zero-order valence-electron chi connectivity index (χ0n) is 8.81. The average Bonchev–Trinajstić information content (AvgIpc) is 2.35. The second-order valence-corrected chi connectivity index (χ2v) is 3.76. The molecule has 0 aliphatic carbocycles. The second-order valence-electron chi connectivity index (χ2n) is 3.38. The molecule has 0 saturated heterocycles. The highest BCUT2D eigenvalue weighted by molar-refractivity contribution is 6.34. The van der Waals surface area contributed by atoms with E-state index in [-0.39, 0.29) is 0 Å². The molecule has 2 rings (SSSR count). The first-order valence-corrected chi connectivity index (χ1v) is 5.25. The van der Waals surface area contributed by atoms with E-state index in [2.05, 4.69) is 10.3 Å². The van der Waals surface area contributed by atoms with Crippen molar-refractivity contribution in [2.24, 2.45) is 0 Å². The maximum Gasteiger partial charge on any atom is 0.150 e. The number of anilines is 3. The van der Waals surface area contributed by atoms with Crippen LogP contribution in [-0.4, -0.2) is 4.98 Å². The molecule has 0 bridgehead atoms. The van der Waals surface area contributed by atoms with Gasteiger partial charge in [-0.1, -0.05) is 11.6 Å². The van der Waals surface area contributed by atoms with Crippen molar-refractivity contribution < 1.29 is 0 Å². The zero-order chi connectivity index (χ0) is 12.3. The zero-order valence-corrected chi connectivity index (χ0v) is 9.57. The summed E-state index contributed by atoms with van der Waals surface area (Å²) < 4.78 is 0. The normalized spacial score (nSPS) is 9.65. The minimum Gasteiger partial charge on any atom is -0.399 e. The van der Waals surface area contributed by atoms with Gasteiger partial charge in [0.15, 0.2) is 5.82 Å². The van der Waals surface area contributed by atoms with Crippen molar-refractivity contribution in [1.82, 2.24) is 4.98 Å². The summed E-state index contributed by atoms with van der Waals surface area (Å²) in [5, 5.41) is 12.2. The summed E-state index contributed by atoms with van der Waals surface area (Å²) in [5.74, 6) is 0.454. The van der Waals surface area contributed by atoms with Crippen LogP contribution in [0.3, 0.4) is 0 Å². The first kappa shape index (κ1) is 11.2. The van der Waals surface area contributed by atoms with Crippen molar-refractivity contribution in [1.29, 1.82) is 5.26 Å². The molecule has 0 aliphatic rings. The van der Waals surface area contributed by atoms with E-state index in [0.29, 0.717) is 22.1 Å². The molecule has 84 valence electrons. The Bertz CT molecular complexity index is 572. The Kier molecular flexibility index (Phi) is 3.12. The Hall–Kier alpha value is -2.25. The third-order valence-corrected chi connectivity index (χ3v) is 2.57. The molecule has 0 aliphatic heterocycles. The molecule has 2 aromatic rings. The van der Waals surface area contributed by atoms with Crippen LogP contribution in [0.5, 0.6) is 0 Å². The van der Waals surface area contributed by atoms with Gasteiger partial charge in [0.2, 0.25) is 0 Å². The van der Waals surface area contributed by atoms with Gasteiger partial charge in [0.25, 0.3) is 0 Å². The fourth-order valence-electron chi connectivity index (χ4n) is 1.32. The van der Waals surface area contributed by atoms with Crippen molar-refractivity contribution in [2.75, 3.05) is 11.1 Å². The van der Waals surface area contributed by atoms with Gasteiger partial charge in [0.1, 0.15) is 11.1 Å². The number of hydrogen-bond donors (Lipinski definition) is 2. The van der Waals surface area contributed by atoms with E-state index in [0.717, 1.165) is 5.69 Å². The van der Waals surface area contributed by atoms with Gasteiger partial charge in [0, 0.05) is 17.6 Å². The van der Waals surface area contributed by atoms with Crippen molar-refractivity contribution in [3.63, 3.8) is 0 Å². The van der Waals surface area contributed by atoms with E-state index in [9.17, 15) is 0 Å². The third-order valence-electron chi connectivity index (χ3n) is 2.18. The van der Waals surface area contributed by atoms with Gasteiger partial charge >= 0.3 is 0 Å². The van der Waals surface area contributed by atoms with Crippen LogP contribution < -0.4 is 11.1 Å². The summed E-state index contributed by atoms with van der Waals surface area (Å²) in [5.41, 5.74) is 7.46. The Balaban J connectivity index is 2.31. The summed E-state index contributed by atoms with van der Waals surface area (Å²) >= 11 is 6.02. The molecule has 17 heavy (non-hydrogen) atoms. The summed E-state index contributed by atoms with van der Waals surface area (Å²) in [7, 11) is 0. The van der Waals surface area contributed by atoms with E-state index in [4.69, 9.17) is 22.6 Å². The lowest BCUT2D eigenvalue weighted by Crippen LogP contribution is -1.96. The van der Waals surface area contributed by atoms with Crippen LogP contribution in [0, 0.1) is 11.3 Å². The molecule has 0 saturated carbocycles. The Morgan fingerprint density at radius 2 is 1.94 bits per heavy atom. The molecule has 5 heteroatoms. The van der Waals surface area contributed by atoms with Crippen molar-refractivity contribution >= 4 is 28.8 Å². The minimum atomic E-state index is 0.312. The summed E-state index contributed by atoms with van der Waals surface area (Å²) in [6, 6.07) is 10.7. The lowest BCUT2D eigenvalue weighted by Gasteiger charge is -2.07. The van der Waals surface area contributed by atoms with E-state index in [1.807, 2.05) is 18.2 Å². The van der Waals surface area contributed by atoms with Gasteiger partial charge in [-0.05, 0) is 30.3 Å². The lowest BCUT2D eigenvalue weighted by atomic mass is 10.2. The smallest absolute Gasteiger partial charge is 0.150 e. The van der Waals surface area contributed by atoms with Crippen LogP contribution in [0.1, 0.15) is 5.56 Å². The van der Waals surface area contributed by atoms with Crippen LogP contribution in [-0.2, 0) is 0 Å². The topological polar surface area (TPSA) is 74.7 Å². The predicted molar refractivity (Wildman–Crippen MR) is 68.1 cm³/mol. The molecular formula is C12H9ClN4. The highest BCUT2D eigenvalue weighted by Gasteiger charge is 2.06. The molecule has 3 N–H and O–H groups in total. The van der Waals surface area contributed by atoms with Gasteiger partial charge < -0.3 is 11.1 Å². The van der Waals surface area contributed by atoms with Crippen LogP contribution in [0.15, 0.2) is 36.5 Å². The number of nitrogens with zero attached hydrogens (tertiary/aromatic N) is 2. The standard InChI is InChI=1S/C12H9ClN4/c13-11-8(7-14)5-6-16-12(11)17-10-3-1-9(15)2-4-10/h1-6H,15H2,(H,16,17).